The topological polar surface area (TPSA) is 106 Å². The lowest BCUT2D eigenvalue weighted by atomic mass is 10.0. The minimum atomic E-state index is 0.0757. The number of ether oxygens (including phenoxy) is 1. The van der Waals surface area contributed by atoms with Crippen molar-refractivity contribution >= 4 is 34.4 Å². The molecule has 0 atom stereocenters. The second kappa shape index (κ2) is 6.86. The van der Waals surface area contributed by atoms with Gasteiger partial charge in [-0.15, -0.1) is 0 Å². The molecule has 0 unspecified atom stereocenters. The van der Waals surface area contributed by atoms with Crippen molar-refractivity contribution in [1.82, 2.24) is 9.97 Å². The highest BCUT2D eigenvalue weighted by Crippen LogP contribution is 2.35. The van der Waals surface area contributed by atoms with Crippen LogP contribution < -0.4 is 26.0 Å². The average Bonchev–Trinajstić information content (AvgIpc) is 2.46. The SMILES string of the molecule is COc1cc(C(C)C)c(OOc2cnc(N)nc2N)cc1I. The molecule has 0 radical (unpaired) electrons. The highest BCUT2D eigenvalue weighted by Gasteiger charge is 2.15. The maximum atomic E-state index is 5.70. The summed E-state index contributed by atoms with van der Waals surface area (Å²) in [4.78, 5) is 18.3. The number of hydrogen-bond acceptors (Lipinski definition) is 7. The fraction of sp³-hybridized carbons (Fsp3) is 0.286. The lowest BCUT2D eigenvalue weighted by Crippen LogP contribution is -2.08. The van der Waals surface area contributed by atoms with E-state index in [-0.39, 0.29) is 23.4 Å². The van der Waals surface area contributed by atoms with Gasteiger partial charge in [-0.1, -0.05) is 13.8 Å². The minimum Gasteiger partial charge on any atom is -0.496 e. The Labute approximate surface area is 142 Å². The standard InChI is InChI=1S/C14H17IN4O3/c1-7(2)8-4-11(20-3)9(15)5-10(8)21-22-12-6-18-14(17)19-13(12)16/h4-7H,1-3H3,(H4,16,17,18,19). The summed E-state index contributed by atoms with van der Waals surface area (Å²) in [5.41, 5.74) is 12.1. The number of nitrogens with two attached hydrogens (primary N) is 2. The van der Waals surface area contributed by atoms with Crippen molar-refractivity contribution in [2.45, 2.75) is 19.8 Å². The van der Waals surface area contributed by atoms with Crippen LogP contribution in [0.15, 0.2) is 18.3 Å². The molecular weight excluding hydrogens is 399 g/mol. The second-order valence-electron chi connectivity index (χ2n) is 4.82. The maximum Gasteiger partial charge on any atom is 0.238 e. The van der Waals surface area contributed by atoms with E-state index in [9.17, 15) is 0 Å². The minimum absolute atomic E-state index is 0.0757. The predicted octanol–water partition coefficient (Wildman–Crippen LogP) is 2.75. The molecule has 0 fully saturated rings. The molecule has 4 N–H and O–H groups in total. The molecule has 118 valence electrons. The number of aromatic nitrogens is 2. The Morgan fingerprint density at radius 3 is 2.36 bits per heavy atom. The normalized spacial score (nSPS) is 10.6. The summed E-state index contributed by atoms with van der Waals surface area (Å²) in [6, 6.07) is 3.76. The molecular formula is C14H17IN4O3. The van der Waals surface area contributed by atoms with Gasteiger partial charge in [-0.05, 0) is 34.6 Å². The van der Waals surface area contributed by atoms with Crippen molar-refractivity contribution in [2.75, 3.05) is 18.6 Å². The molecule has 0 amide bonds. The van der Waals surface area contributed by atoms with Gasteiger partial charge in [-0.25, -0.2) is 4.98 Å². The number of hydrogen-bond donors (Lipinski definition) is 2. The lowest BCUT2D eigenvalue weighted by Gasteiger charge is -2.15. The van der Waals surface area contributed by atoms with Gasteiger partial charge in [0.25, 0.3) is 0 Å². The molecule has 1 aromatic carbocycles. The van der Waals surface area contributed by atoms with E-state index in [1.54, 1.807) is 7.11 Å². The zero-order valence-corrected chi connectivity index (χ0v) is 14.6. The first kappa shape index (κ1) is 16.4. The molecule has 7 nitrogen and oxygen atoms in total. The molecule has 0 aliphatic carbocycles. The molecule has 8 heteroatoms. The summed E-state index contributed by atoms with van der Waals surface area (Å²) in [6.07, 6.45) is 1.36. The number of rotatable bonds is 5. The first-order valence-corrected chi connectivity index (χ1v) is 7.60. The van der Waals surface area contributed by atoms with Crippen molar-refractivity contribution in [3.8, 4) is 17.2 Å². The van der Waals surface area contributed by atoms with Gasteiger partial charge in [0.05, 0.1) is 16.9 Å². The van der Waals surface area contributed by atoms with Crippen molar-refractivity contribution in [3.05, 3.63) is 27.5 Å². The summed E-state index contributed by atoms with van der Waals surface area (Å²) in [5, 5.41) is 0. The van der Waals surface area contributed by atoms with Crippen LogP contribution in [0.25, 0.3) is 0 Å². The van der Waals surface area contributed by atoms with Gasteiger partial charge >= 0.3 is 0 Å². The lowest BCUT2D eigenvalue weighted by molar-refractivity contribution is -0.101. The third kappa shape index (κ3) is 3.62. The zero-order valence-electron chi connectivity index (χ0n) is 12.5. The summed E-state index contributed by atoms with van der Waals surface area (Å²) in [5.74, 6) is 1.98. The highest BCUT2D eigenvalue weighted by molar-refractivity contribution is 14.1. The third-order valence-electron chi connectivity index (χ3n) is 2.93. The largest absolute Gasteiger partial charge is 0.496 e. The van der Waals surface area contributed by atoms with Crippen LogP contribution in [0.1, 0.15) is 25.3 Å². The molecule has 0 spiro atoms. The van der Waals surface area contributed by atoms with Gasteiger partial charge in [0.2, 0.25) is 11.7 Å². The number of halogens is 1. The first-order valence-electron chi connectivity index (χ1n) is 6.52. The van der Waals surface area contributed by atoms with E-state index >= 15 is 0 Å². The Kier molecular flexibility index (Phi) is 5.11. The predicted molar refractivity (Wildman–Crippen MR) is 91.9 cm³/mol. The molecule has 22 heavy (non-hydrogen) atoms. The number of methoxy groups -OCH3 is 1. The summed E-state index contributed by atoms with van der Waals surface area (Å²) < 4.78 is 6.24. The van der Waals surface area contributed by atoms with Crippen molar-refractivity contribution in [3.63, 3.8) is 0 Å². The number of nitrogen functional groups attached to an aromatic ring is 2. The smallest absolute Gasteiger partial charge is 0.238 e. The molecule has 2 rings (SSSR count). The molecule has 1 heterocycles. The maximum absolute atomic E-state index is 5.70. The number of nitrogens with zero attached hydrogens (tertiary/aromatic N) is 2. The van der Waals surface area contributed by atoms with Crippen LogP contribution >= 0.6 is 22.6 Å². The van der Waals surface area contributed by atoms with E-state index in [1.165, 1.54) is 6.20 Å². The number of benzene rings is 1. The molecule has 0 aliphatic rings. The van der Waals surface area contributed by atoms with Crippen LogP contribution in [-0.4, -0.2) is 17.1 Å². The Morgan fingerprint density at radius 1 is 1.09 bits per heavy atom. The van der Waals surface area contributed by atoms with E-state index in [0.717, 1.165) is 14.9 Å². The van der Waals surface area contributed by atoms with Crippen molar-refractivity contribution < 1.29 is 14.5 Å². The van der Waals surface area contributed by atoms with E-state index in [2.05, 4.69) is 46.4 Å². The molecule has 0 bridgehead atoms. The summed E-state index contributed by atoms with van der Waals surface area (Å²) in [6.45, 7) is 4.10. The second-order valence-corrected chi connectivity index (χ2v) is 5.99. The molecule has 0 saturated heterocycles. The van der Waals surface area contributed by atoms with Gasteiger partial charge in [0, 0.05) is 11.6 Å². The van der Waals surface area contributed by atoms with E-state index < -0.39 is 0 Å². The fourth-order valence-electron chi connectivity index (χ4n) is 1.78. The summed E-state index contributed by atoms with van der Waals surface area (Å²) in [7, 11) is 1.63. The van der Waals surface area contributed by atoms with Crippen molar-refractivity contribution in [1.29, 1.82) is 0 Å². The fourth-order valence-corrected chi connectivity index (χ4v) is 2.44. The monoisotopic (exact) mass is 416 g/mol. The van der Waals surface area contributed by atoms with Crippen LogP contribution in [0.2, 0.25) is 0 Å². The molecule has 0 aliphatic heterocycles. The van der Waals surface area contributed by atoms with Crippen LogP contribution in [0.3, 0.4) is 0 Å². The Bertz CT molecular complexity index is 679. The van der Waals surface area contributed by atoms with E-state index in [1.807, 2.05) is 12.1 Å². The van der Waals surface area contributed by atoms with E-state index in [0.29, 0.717) is 5.75 Å². The Hall–Kier alpha value is -1.97. The average molecular weight is 416 g/mol. The number of anilines is 2. The molecule has 2 aromatic rings. The van der Waals surface area contributed by atoms with Crippen molar-refractivity contribution in [2.24, 2.45) is 0 Å². The summed E-state index contributed by atoms with van der Waals surface area (Å²) >= 11 is 2.17. The van der Waals surface area contributed by atoms with Crippen LogP contribution in [-0.2, 0) is 0 Å². The van der Waals surface area contributed by atoms with Gasteiger partial charge in [0.15, 0.2) is 11.6 Å². The third-order valence-corrected chi connectivity index (χ3v) is 3.77. The molecule has 0 saturated carbocycles. The Morgan fingerprint density at radius 2 is 1.77 bits per heavy atom. The van der Waals surface area contributed by atoms with Gasteiger partial charge in [0.1, 0.15) is 5.75 Å². The van der Waals surface area contributed by atoms with Crippen LogP contribution in [0.5, 0.6) is 17.2 Å². The Balaban J connectivity index is 2.26. The highest BCUT2D eigenvalue weighted by atomic mass is 127. The van der Waals surface area contributed by atoms with Crippen LogP contribution in [0, 0.1) is 3.57 Å². The van der Waals surface area contributed by atoms with E-state index in [4.69, 9.17) is 26.0 Å². The van der Waals surface area contributed by atoms with Gasteiger partial charge in [-0.2, -0.15) is 4.98 Å². The van der Waals surface area contributed by atoms with Crippen LogP contribution in [0.4, 0.5) is 11.8 Å². The van der Waals surface area contributed by atoms with Gasteiger partial charge < -0.3 is 16.2 Å². The quantitative estimate of drug-likeness (QED) is 0.439. The first-order chi connectivity index (χ1) is 10.4. The molecule has 1 aromatic heterocycles. The zero-order chi connectivity index (χ0) is 16.3. The van der Waals surface area contributed by atoms with Gasteiger partial charge in [-0.3, -0.25) is 9.78 Å².